The molecule has 4 rings (SSSR count). The van der Waals surface area contributed by atoms with Crippen molar-refractivity contribution in [3.05, 3.63) is 48.3 Å². The number of amides is 1. The van der Waals surface area contributed by atoms with Crippen LogP contribution >= 0.6 is 0 Å². The summed E-state index contributed by atoms with van der Waals surface area (Å²) >= 11 is 0. The van der Waals surface area contributed by atoms with Crippen molar-refractivity contribution in [2.75, 3.05) is 5.32 Å². The fourth-order valence-corrected chi connectivity index (χ4v) is 4.09. The number of fused-ring (bicyclic) bond motifs is 1. The molecule has 0 bridgehead atoms. The second kappa shape index (κ2) is 6.58. The van der Waals surface area contributed by atoms with Crippen LogP contribution in [0.2, 0.25) is 0 Å². The predicted molar refractivity (Wildman–Crippen MR) is 106 cm³/mol. The molecule has 3 N–H and O–H groups in total. The van der Waals surface area contributed by atoms with Crippen LogP contribution in [0.25, 0.3) is 16.6 Å². The Morgan fingerprint density at radius 1 is 1.36 bits per heavy atom. The standard InChI is InChI=1S/C21H24FN5O/c1-12-4-5-18(21(12,2)3)26-19-15(20(23)28)9-25-27-11-13(8-17(19)27)14-6-7-24-10-16(14)22/h6-12,18,26H,4-5H2,1-3H3,(H2,23,28)/t12?,18-/m1/s1. The summed E-state index contributed by atoms with van der Waals surface area (Å²) in [4.78, 5) is 15.9. The van der Waals surface area contributed by atoms with Crippen molar-refractivity contribution in [2.24, 2.45) is 17.1 Å². The van der Waals surface area contributed by atoms with Gasteiger partial charge in [-0.2, -0.15) is 5.10 Å². The average molecular weight is 381 g/mol. The van der Waals surface area contributed by atoms with E-state index in [1.165, 1.54) is 12.4 Å². The fourth-order valence-electron chi connectivity index (χ4n) is 4.09. The topological polar surface area (TPSA) is 85.3 Å². The Morgan fingerprint density at radius 3 is 2.79 bits per heavy atom. The van der Waals surface area contributed by atoms with Crippen molar-refractivity contribution in [1.29, 1.82) is 0 Å². The molecule has 1 fully saturated rings. The highest BCUT2D eigenvalue weighted by atomic mass is 19.1. The molecule has 3 aromatic heterocycles. The van der Waals surface area contributed by atoms with Crippen LogP contribution in [0.15, 0.2) is 36.9 Å². The fraction of sp³-hybridized carbons (Fsp3) is 0.381. The highest BCUT2D eigenvalue weighted by Crippen LogP contribution is 2.44. The Kier molecular flexibility index (Phi) is 4.33. The molecule has 7 heteroatoms. The van der Waals surface area contributed by atoms with E-state index in [-0.39, 0.29) is 11.5 Å². The number of hydrogen-bond donors (Lipinski definition) is 2. The lowest BCUT2D eigenvalue weighted by atomic mass is 9.80. The minimum Gasteiger partial charge on any atom is -0.379 e. The van der Waals surface area contributed by atoms with Gasteiger partial charge in [-0.05, 0) is 36.3 Å². The first-order valence-corrected chi connectivity index (χ1v) is 9.46. The van der Waals surface area contributed by atoms with Crippen LogP contribution in [0, 0.1) is 17.2 Å². The maximum absolute atomic E-state index is 14.2. The van der Waals surface area contributed by atoms with Crippen molar-refractivity contribution >= 4 is 17.1 Å². The number of rotatable bonds is 4. The molecular formula is C21H24FN5O. The van der Waals surface area contributed by atoms with Gasteiger partial charge in [0.15, 0.2) is 0 Å². The van der Waals surface area contributed by atoms with Gasteiger partial charge in [-0.25, -0.2) is 8.91 Å². The number of halogens is 1. The lowest BCUT2D eigenvalue weighted by molar-refractivity contribution is 0.100. The average Bonchev–Trinajstić information content (AvgIpc) is 3.18. The molecule has 28 heavy (non-hydrogen) atoms. The third kappa shape index (κ3) is 2.91. The highest BCUT2D eigenvalue weighted by Gasteiger charge is 2.41. The maximum Gasteiger partial charge on any atom is 0.252 e. The number of carbonyl (C=O) groups excluding carboxylic acids is 1. The van der Waals surface area contributed by atoms with E-state index >= 15 is 0 Å². The second-order valence-corrected chi connectivity index (χ2v) is 8.21. The number of nitrogens with one attached hydrogen (secondary N) is 1. The Labute approximate surface area is 163 Å². The monoisotopic (exact) mass is 381 g/mol. The summed E-state index contributed by atoms with van der Waals surface area (Å²) in [6.07, 6.45) is 8.06. The summed E-state index contributed by atoms with van der Waals surface area (Å²) in [5.41, 5.74) is 8.46. The normalized spacial score (nSPS) is 21.1. The summed E-state index contributed by atoms with van der Waals surface area (Å²) < 4.78 is 15.9. The Hall–Kier alpha value is -2.96. The minimum absolute atomic E-state index is 0.0712. The van der Waals surface area contributed by atoms with Crippen molar-refractivity contribution in [1.82, 2.24) is 14.6 Å². The van der Waals surface area contributed by atoms with Gasteiger partial charge in [-0.1, -0.05) is 20.8 Å². The lowest BCUT2D eigenvalue weighted by Crippen LogP contribution is -2.35. The van der Waals surface area contributed by atoms with E-state index in [0.29, 0.717) is 33.8 Å². The van der Waals surface area contributed by atoms with E-state index in [2.05, 4.69) is 36.2 Å². The molecule has 1 saturated carbocycles. The van der Waals surface area contributed by atoms with E-state index in [1.54, 1.807) is 23.0 Å². The van der Waals surface area contributed by atoms with E-state index in [9.17, 15) is 9.18 Å². The Balaban J connectivity index is 1.84. The van der Waals surface area contributed by atoms with Crippen molar-refractivity contribution < 1.29 is 9.18 Å². The molecule has 0 spiro atoms. The van der Waals surface area contributed by atoms with Crippen molar-refractivity contribution in [2.45, 2.75) is 39.7 Å². The van der Waals surface area contributed by atoms with Gasteiger partial charge in [0.2, 0.25) is 0 Å². The number of pyridine rings is 1. The van der Waals surface area contributed by atoms with Gasteiger partial charge in [0.1, 0.15) is 5.82 Å². The number of carbonyl (C=O) groups is 1. The summed E-state index contributed by atoms with van der Waals surface area (Å²) in [5, 5.41) is 7.87. The summed E-state index contributed by atoms with van der Waals surface area (Å²) in [5.74, 6) is -0.388. The van der Waals surface area contributed by atoms with Gasteiger partial charge >= 0.3 is 0 Å². The van der Waals surface area contributed by atoms with Gasteiger partial charge < -0.3 is 11.1 Å². The van der Waals surface area contributed by atoms with Crippen LogP contribution in [-0.4, -0.2) is 26.5 Å². The molecule has 1 aliphatic carbocycles. The first-order valence-electron chi connectivity index (χ1n) is 9.46. The molecule has 0 aliphatic heterocycles. The van der Waals surface area contributed by atoms with Crippen LogP contribution in [0.1, 0.15) is 44.0 Å². The Morgan fingerprint density at radius 2 is 2.14 bits per heavy atom. The predicted octanol–water partition coefficient (Wildman–Crippen LogP) is 3.87. The van der Waals surface area contributed by atoms with Gasteiger partial charge in [0.05, 0.1) is 29.2 Å². The molecule has 3 aromatic rings. The molecule has 1 unspecified atom stereocenters. The number of nitrogens with zero attached hydrogens (tertiary/aromatic N) is 3. The molecule has 1 aliphatic rings. The van der Waals surface area contributed by atoms with Gasteiger partial charge in [0.25, 0.3) is 5.91 Å². The van der Waals surface area contributed by atoms with E-state index in [0.717, 1.165) is 12.8 Å². The van der Waals surface area contributed by atoms with E-state index in [4.69, 9.17) is 5.73 Å². The van der Waals surface area contributed by atoms with Gasteiger partial charge in [0, 0.05) is 29.6 Å². The zero-order valence-electron chi connectivity index (χ0n) is 16.2. The minimum atomic E-state index is -0.542. The van der Waals surface area contributed by atoms with Crippen LogP contribution in [0.4, 0.5) is 10.1 Å². The number of anilines is 1. The largest absolute Gasteiger partial charge is 0.379 e. The van der Waals surface area contributed by atoms with Gasteiger partial charge in [-0.15, -0.1) is 0 Å². The first kappa shape index (κ1) is 18.4. The first-order chi connectivity index (χ1) is 13.3. The van der Waals surface area contributed by atoms with Crippen molar-refractivity contribution in [3.63, 3.8) is 0 Å². The Bertz CT molecular complexity index is 1060. The zero-order chi connectivity index (χ0) is 20.1. The zero-order valence-corrected chi connectivity index (χ0v) is 16.2. The number of primary amides is 1. The molecule has 146 valence electrons. The molecule has 0 saturated heterocycles. The summed E-state index contributed by atoms with van der Waals surface area (Å²) in [6.45, 7) is 6.72. The van der Waals surface area contributed by atoms with Crippen molar-refractivity contribution in [3.8, 4) is 11.1 Å². The molecule has 2 atom stereocenters. The number of aromatic nitrogens is 3. The molecule has 0 radical (unpaired) electrons. The second-order valence-electron chi connectivity index (χ2n) is 8.21. The smallest absolute Gasteiger partial charge is 0.252 e. The van der Waals surface area contributed by atoms with E-state index in [1.807, 2.05) is 6.07 Å². The van der Waals surface area contributed by atoms with Crippen LogP contribution < -0.4 is 11.1 Å². The summed E-state index contributed by atoms with van der Waals surface area (Å²) in [6, 6.07) is 3.64. The number of hydrogen-bond acceptors (Lipinski definition) is 4. The van der Waals surface area contributed by atoms with E-state index < -0.39 is 11.7 Å². The summed E-state index contributed by atoms with van der Waals surface area (Å²) in [7, 11) is 0. The van der Waals surface area contributed by atoms with Crippen LogP contribution in [0.3, 0.4) is 0 Å². The SMILES string of the molecule is CC1CC[C@@H](Nc2c(C(N)=O)cnn3cc(-c4ccncc4F)cc23)C1(C)C. The third-order valence-corrected chi connectivity index (χ3v) is 6.36. The molecule has 0 aromatic carbocycles. The van der Waals surface area contributed by atoms with Crippen LogP contribution in [0.5, 0.6) is 0 Å². The molecular weight excluding hydrogens is 357 g/mol. The highest BCUT2D eigenvalue weighted by molar-refractivity contribution is 6.02. The van der Waals surface area contributed by atoms with Crippen LogP contribution in [-0.2, 0) is 0 Å². The maximum atomic E-state index is 14.2. The molecule has 3 heterocycles. The quantitative estimate of drug-likeness (QED) is 0.718. The number of nitrogens with two attached hydrogens (primary N) is 1. The molecule has 6 nitrogen and oxygen atoms in total. The lowest BCUT2D eigenvalue weighted by Gasteiger charge is -2.33. The molecule has 1 amide bonds. The third-order valence-electron chi connectivity index (χ3n) is 6.36. The van der Waals surface area contributed by atoms with Gasteiger partial charge in [-0.3, -0.25) is 9.78 Å².